The van der Waals surface area contributed by atoms with E-state index in [0.717, 1.165) is 12.8 Å². The number of hydrogen-bond donors (Lipinski definition) is 1. The minimum absolute atomic E-state index is 0.193. The van der Waals surface area contributed by atoms with Crippen LogP contribution in [0.4, 0.5) is 14.6 Å². The number of hydrogen-bond acceptors (Lipinski definition) is 6. The van der Waals surface area contributed by atoms with Crippen molar-refractivity contribution in [2.75, 3.05) is 26.6 Å². The van der Waals surface area contributed by atoms with Crippen LogP contribution in [0.15, 0.2) is 12.1 Å². The van der Waals surface area contributed by atoms with E-state index in [1.165, 1.54) is 33.5 Å². The molecular weight excluding hydrogens is 368 g/mol. The highest BCUT2D eigenvalue weighted by atomic mass is 19.3. The number of nitrogens with one attached hydrogen (secondary N) is 1. The normalized spacial score (nSPS) is 11.1. The minimum Gasteiger partial charge on any atom is -0.496 e. The minimum atomic E-state index is -2.65. The molecule has 0 saturated carbocycles. The van der Waals surface area contributed by atoms with E-state index in [0.29, 0.717) is 28.6 Å². The Bertz CT molecular complexity index is 787. The Morgan fingerprint density at radius 1 is 0.964 bits per heavy atom. The van der Waals surface area contributed by atoms with Crippen LogP contribution in [-0.4, -0.2) is 37.3 Å². The Hall–Kier alpha value is -2.64. The predicted molar refractivity (Wildman–Crippen MR) is 105 cm³/mol. The van der Waals surface area contributed by atoms with E-state index in [-0.39, 0.29) is 23.1 Å². The van der Waals surface area contributed by atoms with Crippen molar-refractivity contribution in [2.24, 2.45) is 0 Å². The van der Waals surface area contributed by atoms with Crippen molar-refractivity contribution >= 4 is 5.82 Å². The number of aromatic nitrogens is 2. The van der Waals surface area contributed by atoms with Gasteiger partial charge in [0.05, 0.1) is 32.6 Å². The Balaban J connectivity index is 2.65. The van der Waals surface area contributed by atoms with Gasteiger partial charge in [-0.1, -0.05) is 13.8 Å². The first kappa shape index (κ1) is 21.7. The molecule has 6 nitrogen and oxygen atoms in total. The smallest absolute Gasteiger partial charge is 0.264 e. The molecule has 0 saturated heterocycles. The van der Waals surface area contributed by atoms with Crippen molar-refractivity contribution in [1.29, 1.82) is 0 Å². The molecule has 8 heteroatoms. The number of rotatable bonds is 9. The van der Waals surface area contributed by atoms with Crippen LogP contribution in [0, 0.1) is 6.92 Å². The van der Waals surface area contributed by atoms with Crippen LogP contribution in [-0.2, 0) is 0 Å². The molecule has 0 atom stereocenters. The van der Waals surface area contributed by atoms with Crippen LogP contribution in [0.3, 0.4) is 0 Å². The van der Waals surface area contributed by atoms with Gasteiger partial charge in [-0.15, -0.1) is 0 Å². The summed E-state index contributed by atoms with van der Waals surface area (Å²) in [5.74, 6) is 1.32. The Labute approximate surface area is 164 Å². The van der Waals surface area contributed by atoms with E-state index in [1.54, 1.807) is 6.92 Å². The third kappa shape index (κ3) is 4.43. The molecular formula is C20H27F2N3O3. The van der Waals surface area contributed by atoms with Crippen molar-refractivity contribution in [3.8, 4) is 28.6 Å². The third-order valence-corrected chi connectivity index (χ3v) is 4.57. The van der Waals surface area contributed by atoms with Crippen LogP contribution in [0.2, 0.25) is 0 Å². The molecule has 28 heavy (non-hydrogen) atoms. The summed E-state index contributed by atoms with van der Waals surface area (Å²) in [4.78, 5) is 9.19. The summed E-state index contributed by atoms with van der Waals surface area (Å²) in [6, 6.07) is 2.81. The van der Waals surface area contributed by atoms with Gasteiger partial charge in [-0.2, -0.15) is 0 Å². The molecule has 1 aromatic carbocycles. The van der Waals surface area contributed by atoms with Gasteiger partial charge in [-0.25, -0.2) is 18.7 Å². The lowest BCUT2D eigenvalue weighted by molar-refractivity contribution is 0.150. The molecule has 1 N–H and O–H groups in total. The summed E-state index contributed by atoms with van der Waals surface area (Å²) in [7, 11) is 4.34. The van der Waals surface area contributed by atoms with Crippen molar-refractivity contribution in [2.45, 2.75) is 46.1 Å². The highest BCUT2D eigenvalue weighted by molar-refractivity contribution is 5.77. The Morgan fingerprint density at radius 3 is 1.96 bits per heavy atom. The summed E-state index contributed by atoms with van der Waals surface area (Å²) in [5.41, 5.74) is 1.30. The van der Waals surface area contributed by atoms with E-state index in [2.05, 4.69) is 29.1 Å². The molecule has 0 unspecified atom stereocenters. The summed E-state index contributed by atoms with van der Waals surface area (Å²) in [6.45, 7) is 5.96. The van der Waals surface area contributed by atoms with Gasteiger partial charge < -0.3 is 19.5 Å². The van der Waals surface area contributed by atoms with E-state index in [4.69, 9.17) is 14.2 Å². The zero-order valence-corrected chi connectivity index (χ0v) is 17.1. The van der Waals surface area contributed by atoms with Gasteiger partial charge in [0, 0.05) is 11.6 Å². The number of halogens is 2. The van der Waals surface area contributed by atoms with Gasteiger partial charge >= 0.3 is 0 Å². The second kappa shape index (κ2) is 9.52. The lowest BCUT2D eigenvalue weighted by Crippen LogP contribution is -2.19. The number of nitrogens with zero attached hydrogens (tertiary/aromatic N) is 2. The molecule has 0 spiro atoms. The molecule has 1 heterocycles. The maximum absolute atomic E-state index is 13.2. The first-order valence-electron chi connectivity index (χ1n) is 9.13. The Kier molecular flexibility index (Phi) is 7.37. The number of ether oxygens (including phenoxy) is 3. The van der Waals surface area contributed by atoms with Gasteiger partial charge in [0.15, 0.2) is 5.82 Å². The maximum atomic E-state index is 13.2. The largest absolute Gasteiger partial charge is 0.496 e. The standard InChI is InChI=1S/C20H27F2N3O3/c1-7-13(8-2)24-19-20(28-6)25-17(11(3)23-19)16-14(26-4)9-12(18(21)22)10-15(16)27-5/h9-10,13,18H,7-8H2,1-6H3,(H,23,24). The number of anilines is 1. The van der Waals surface area contributed by atoms with Crippen LogP contribution < -0.4 is 19.5 Å². The summed E-state index contributed by atoms with van der Waals surface area (Å²) in [6.07, 6.45) is -0.789. The highest BCUT2D eigenvalue weighted by Crippen LogP contribution is 2.42. The SMILES string of the molecule is CCC(CC)Nc1nc(C)c(-c2c(OC)cc(C(F)F)cc2OC)nc1OC. The number of alkyl halides is 2. The molecule has 0 aliphatic rings. The monoisotopic (exact) mass is 395 g/mol. The van der Waals surface area contributed by atoms with Crippen LogP contribution in [0.5, 0.6) is 17.4 Å². The summed E-state index contributed by atoms with van der Waals surface area (Å²) < 4.78 is 42.5. The van der Waals surface area contributed by atoms with Gasteiger partial charge in [-0.05, 0) is 31.9 Å². The molecule has 0 bridgehead atoms. The van der Waals surface area contributed by atoms with Crippen LogP contribution in [0.1, 0.15) is 44.4 Å². The number of aryl methyl sites for hydroxylation is 1. The fourth-order valence-corrected chi connectivity index (χ4v) is 2.95. The van der Waals surface area contributed by atoms with Crippen molar-refractivity contribution in [3.63, 3.8) is 0 Å². The van der Waals surface area contributed by atoms with Gasteiger partial charge in [0.1, 0.15) is 17.2 Å². The van der Waals surface area contributed by atoms with Crippen molar-refractivity contribution in [3.05, 3.63) is 23.4 Å². The first-order valence-corrected chi connectivity index (χ1v) is 9.13. The van der Waals surface area contributed by atoms with E-state index in [1.807, 2.05) is 0 Å². The number of methoxy groups -OCH3 is 3. The molecule has 0 radical (unpaired) electrons. The highest BCUT2D eigenvalue weighted by Gasteiger charge is 2.23. The summed E-state index contributed by atoms with van der Waals surface area (Å²) in [5, 5.41) is 3.34. The van der Waals surface area contributed by atoms with Crippen LogP contribution >= 0.6 is 0 Å². The molecule has 0 aliphatic carbocycles. The predicted octanol–water partition coefficient (Wildman–Crippen LogP) is 5.02. The fraction of sp³-hybridized carbons (Fsp3) is 0.500. The molecule has 2 rings (SSSR count). The fourth-order valence-electron chi connectivity index (χ4n) is 2.95. The average Bonchev–Trinajstić information content (AvgIpc) is 2.71. The summed E-state index contributed by atoms with van der Waals surface area (Å²) >= 11 is 0. The van der Waals surface area contributed by atoms with Gasteiger partial charge in [0.2, 0.25) is 0 Å². The maximum Gasteiger partial charge on any atom is 0.264 e. The lowest BCUT2D eigenvalue weighted by atomic mass is 10.0. The number of benzene rings is 1. The van der Waals surface area contributed by atoms with Gasteiger partial charge in [0.25, 0.3) is 12.3 Å². The van der Waals surface area contributed by atoms with E-state index in [9.17, 15) is 8.78 Å². The second-order valence-electron chi connectivity index (χ2n) is 6.27. The molecule has 154 valence electrons. The second-order valence-corrected chi connectivity index (χ2v) is 6.27. The van der Waals surface area contributed by atoms with E-state index >= 15 is 0 Å². The average molecular weight is 395 g/mol. The molecule has 0 fully saturated rings. The first-order chi connectivity index (χ1) is 13.4. The zero-order chi connectivity index (χ0) is 20.8. The van der Waals surface area contributed by atoms with Gasteiger partial charge in [-0.3, -0.25) is 0 Å². The quantitative estimate of drug-likeness (QED) is 0.643. The van der Waals surface area contributed by atoms with Crippen LogP contribution in [0.25, 0.3) is 11.3 Å². The van der Waals surface area contributed by atoms with E-state index < -0.39 is 6.43 Å². The molecule has 1 aromatic heterocycles. The Morgan fingerprint density at radius 2 is 1.54 bits per heavy atom. The zero-order valence-electron chi connectivity index (χ0n) is 17.1. The topological polar surface area (TPSA) is 65.5 Å². The van der Waals surface area contributed by atoms with Crippen molar-refractivity contribution in [1.82, 2.24) is 9.97 Å². The van der Waals surface area contributed by atoms with Crippen molar-refractivity contribution < 1.29 is 23.0 Å². The molecule has 2 aromatic rings. The molecule has 0 amide bonds. The third-order valence-electron chi connectivity index (χ3n) is 4.57. The molecule has 0 aliphatic heterocycles. The lowest BCUT2D eigenvalue weighted by Gasteiger charge is -2.20.